The van der Waals surface area contributed by atoms with Crippen molar-refractivity contribution in [1.29, 1.82) is 0 Å². The maximum atomic E-state index is 6.21. The fourth-order valence-electron chi connectivity index (χ4n) is 2.62. The molecule has 18 heavy (non-hydrogen) atoms. The van der Waals surface area contributed by atoms with Gasteiger partial charge in [0.1, 0.15) is 5.02 Å². The zero-order chi connectivity index (χ0) is 13.3. The van der Waals surface area contributed by atoms with Crippen LogP contribution in [0.15, 0.2) is 6.20 Å². The molecule has 2 rings (SSSR count). The Kier molecular flexibility index (Phi) is 3.92. The van der Waals surface area contributed by atoms with Gasteiger partial charge in [0.05, 0.1) is 6.20 Å². The Bertz CT molecular complexity index is 425. The summed E-state index contributed by atoms with van der Waals surface area (Å²) in [5, 5.41) is 0.571. The molecule has 0 aromatic carbocycles. The van der Waals surface area contributed by atoms with Crippen LogP contribution in [0.3, 0.4) is 0 Å². The van der Waals surface area contributed by atoms with Crippen molar-refractivity contribution in [3.8, 4) is 0 Å². The third kappa shape index (κ3) is 2.52. The van der Waals surface area contributed by atoms with Gasteiger partial charge in [-0.05, 0) is 25.2 Å². The number of halogens is 1. The lowest BCUT2D eigenvalue weighted by atomic mass is 9.86. The zero-order valence-corrected chi connectivity index (χ0v) is 11.8. The molecule has 3 N–H and O–H groups in total. The molecule has 0 bridgehead atoms. The van der Waals surface area contributed by atoms with Crippen molar-refractivity contribution in [2.75, 3.05) is 16.9 Å². The molecule has 0 aliphatic carbocycles. The molecule has 1 aromatic heterocycles. The maximum absolute atomic E-state index is 6.21. The highest BCUT2D eigenvalue weighted by Gasteiger charge is 2.30. The largest absolute Gasteiger partial charge is 0.352 e. The highest BCUT2D eigenvalue weighted by molar-refractivity contribution is 6.32. The minimum Gasteiger partial charge on any atom is -0.352 e. The summed E-state index contributed by atoms with van der Waals surface area (Å²) in [5.41, 5.74) is 2.46. The van der Waals surface area contributed by atoms with Gasteiger partial charge in [-0.25, -0.2) is 10.8 Å². The molecule has 1 fully saturated rings. The molecule has 3 atom stereocenters. The van der Waals surface area contributed by atoms with Crippen LogP contribution >= 0.6 is 11.6 Å². The lowest BCUT2D eigenvalue weighted by Gasteiger charge is -2.42. The Labute approximate surface area is 113 Å². The summed E-state index contributed by atoms with van der Waals surface area (Å²) in [5.74, 6) is 7.77. The molecule has 1 aromatic rings. The number of aromatic nitrogens is 2. The number of nitrogens with two attached hydrogens (primary N) is 1. The number of rotatable bonds is 2. The van der Waals surface area contributed by atoms with Crippen molar-refractivity contribution in [3.05, 3.63) is 11.2 Å². The van der Waals surface area contributed by atoms with Crippen molar-refractivity contribution in [2.45, 2.75) is 33.2 Å². The minimum atomic E-state index is 0.396. The number of hydrogen-bond donors (Lipinski definition) is 2. The summed E-state index contributed by atoms with van der Waals surface area (Å²) in [6.07, 6.45) is 2.83. The molecule has 6 heteroatoms. The van der Waals surface area contributed by atoms with Crippen LogP contribution in [0.4, 0.5) is 11.8 Å². The first-order valence-electron chi connectivity index (χ1n) is 6.28. The van der Waals surface area contributed by atoms with Crippen LogP contribution < -0.4 is 16.2 Å². The van der Waals surface area contributed by atoms with Gasteiger partial charge in [0, 0.05) is 12.6 Å². The molecule has 100 valence electrons. The third-order valence-electron chi connectivity index (χ3n) is 3.72. The Morgan fingerprint density at radius 2 is 2.17 bits per heavy atom. The van der Waals surface area contributed by atoms with Gasteiger partial charge in [0.15, 0.2) is 5.82 Å². The summed E-state index contributed by atoms with van der Waals surface area (Å²) in [4.78, 5) is 10.6. The summed E-state index contributed by atoms with van der Waals surface area (Å²) in [7, 11) is 0. The molecule has 1 saturated heterocycles. The van der Waals surface area contributed by atoms with Crippen LogP contribution in [0.2, 0.25) is 5.02 Å². The fourth-order valence-corrected chi connectivity index (χ4v) is 2.82. The fraction of sp³-hybridized carbons (Fsp3) is 0.667. The normalized spacial score (nSPS) is 28.3. The van der Waals surface area contributed by atoms with Gasteiger partial charge >= 0.3 is 0 Å². The summed E-state index contributed by atoms with van der Waals surface area (Å²) >= 11 is 6.21. The highest BCUT2D eigenvalue weighted by Crippen LogP contribution is 2.33. The van der Waals surface area contributed by atoms with Crippen molar-refractivity contribution >= 4 is 23.4 Å². The first-order valence-corrected chi connectivity index (χ1v) is 6.66. The van der Waals surface area contributed by atoms with Crippen LogP contribution in [0, 0.1) is 11.8 Å². The second-order valence-corrected chi connectivity index (χ2v) is 5.63. The van der Waals surface area contributed by atoms with E-state index in [1.165, 1.54) is 6.42 Å². The summed E-state index contributed by atoms with van der Waals surface area (Å²) in [6.45, 7) is 7.70. The van der Waals surface area contributed by atoms with Gasteiger partial charge < -0.3 is 4.90 Å². The van der Waals surface area contributed by atoms with Crippen LogP contribution in [-0.2, 0) is 0 Å². The van der Waals surface area contributed by atoms with E-state index in [2.05, 4.69) is 41.1 Å². The highest BCUT2D eigenvalue weighted by atomic mass is 35.5. The molecule has 0 radical (unpaired) electrons. The molecule has 1 aliphatic heterocycles. The van der Waals surface area contributed by atoms with Gasteiger partial charge in [-0.2, -0.15) is 4.98 Å². The number of nitrogen functional groups attached to an aromatic ring is 1. The van der Waals surface area contributed by atoms with E-state index in [4.69, 9.17) is 17.4 Å². The standard InChI is InChI=1S/C12H20ClN5/c1-7-4-8(2)9(3)18(6-7)11-10(13)5-15-12(16-11)17-14/h5,7-9H,4,6,14H2,1-3H3,(H,15,16,17). The molecule has 1 aliphatic rings. The first-order chi connectivity index (χ1) is 8.52. The molecular formula is C12H20ClN5. The lowest BCUT2D eigenvalue weighted by Crippen LogP contribution is -2.46. The molecule has 2 heterocycles. The molecular weight excluding hydrogens is 250 g/mol. The van der Waals surface area contributed by atoms with E-state index < -0.39 is 0 Å². The minimum absolute atomic E-state index is 0.396. The van der Waals surface area contributed by atoms with E-state index in [0.717, 1.165) is 12.4 Å². The Balaban J connectivity index is 2.34. The quantitative estimate of drug-likeness (QED) is 0.637. The lowest BCUT2D eigenvalue weighted by molar-refractivity contribution is 0.295. The molecule has 3 unspecified atom stereocenters. The van der Waals surface area contributed by atoms with Crippen molar-refractivity contribution in [2.24, 2.45) is 17.7 Å². The number of hydrazine groups is 1. The average Bonchev–Trinajstić information content (AvgIpc) is 2.34. The topological polar surface area (TPSA) is 67.1 Å². The van der Waals surface area contributed by atoms with E-state index >= 15 is 0 Å². The molecule has 5 nitrogen and oxygen atoms in total. The number of anilines is 2. The SMILES string of the molecule is CC1CC(C)C(C)N(c2nc(NN)ncc2Cl)C1. The summed E-state index contributed by atoms with van der Waals surface area (Å²) in [6, 6.07) is 0.416. The third-order valence-corrected chi connectivity index (χ3v) is 3.99. The Morgan fingerprint density at radius 3 is 2.83 bits per heavy atom. The average molecular weight is 270 g/mol. The van der Waals surface area contributed by atoms with E-state index in [1.54, 1.807) is 6.20 Å². The van der Waals surface area contributed by atoms with Crippen molar-refractivity contribution < 1.29 is 0 Å². The van der Waals surface area contributed by atoms with Crippen LogP contribution in [0.5, 0.6) is 0 Å². The van der Waals surface area contributed by atoms with Crippen LogP contribution in [0.25, 0.3) is 0 Å². The predicted molar refractivity (Wildman–Crippen MR) is 74.6 cm³/mol. The van der Waals surface area contributed by atoms with Gasteiger partial charge in [-0.3, -0.25) is 5.43 Å². The second kappa shape index (κ2) is 5.28. The van der Waals surface area contributed by atoms with Gasteiger partial charge in [0.2, 0.25) is 5.95 Å². The van der Waals surface area contributed by atoms with Crippen LogP contribution in [0.1, 0.15) is 27.2 Å². The van der Waals surface area contributed by atoms with E-state index in [9.17, 15) is 0 Å². The molecule has 0 amide bonds. The maximum Gasteiger partial charge on any atom is 0.239 e. The Morgan fingerprint density at radius 1 is 1.44 bits per heavy atom. The van der Waals surface area contributed by atoms with Gasteiger partial charge in [0.25, 0.3) is 0 Å². The second-order valence-electron chi connectivity index (χ2n) is 5.22. The van der Waals surface area contributed by atoms with E-state index in [-0.39, 0.29) is 0 Å². The smallest absolute Gasteiger partial charge is 0.239 e. The number of piperidine rings is 1. The zero-order valence-electron chi connectivity index (χ0n) is 11.0. The van der Waals surface area contributed by atoms with E-state index in [1.807, 2.05) is 0 Å². The Hall–Kier alpha value is -1.07. The summed E-state index contributed by atoms with van der Waals surface area (Å²) < 4.78 is 0. The number of nitrogens with zero attached hydrogens (tertiary/aromatic N) is 3. The van der Waals surface area contributed by atoms with Crippen molar-refractivity contribution in [1.82, 2.24) is 9.97 Å². The predicted octanol–water partition coefficient (Wildman–Crippen LogP) is 2.29. The number of hydrogen-bond acceptors (Lipinski definition) is 5. The van der Waals surface area contributed by atoms with Crippen LogP contribution in [-0.4, -0.2) is 22.6 Å². The van der Waals surface area contributed by atoms with E-state index in [0.29, 0.717) is 28.8 Å². The van der Waals surface area contributed by atoms with Gasteiger partial charge in [-0.15, -0.1) is 0 Å². The molecule has 0 saturated carbocycles. The van der Waals surface area contributed by atoms with Crippen molar-refractivity contribution in [3.63, 3.8) is 0 Å². The monoisotopic (exact) mass is 269 g/mol. The number of nitrogens with one attached hydrogen (secondary N) is 1. The molecule has 0 spiro atoms. The first kappa shape index (κ1) is 13.4. The van der Waals surface area contributed by atoms with Gasteiger partial charge in [-0.1, -0.05) is 25.4 Å².